The number of carbonyl (C=O) groups is 3. The van der Waals surface area contributed by atoms with Gasteiger partial charge in [0.05, 0.1) is 0 Å². The fourth-order valence-corrected chi connectivity index (χ4v) is 3.86. The summed E-state index contributed by atoms with van der Waals surface area (Å²) in [5.74, 6) is -0.600. The highest BCUT2D eigenvalue weighted by atomic mass is 16.2. The predicted molar refractivity (Wildman–Crippen MR) is 104 cm³/mol. The van der Waals surface area contributed by atoms with Gasteiger partial charge in [-0.05, 0) is 22.8 Å². The third-order valence-electron chi connectivity index (χ3n) is 5.03. The number of benzene rings is 3. The predicted octanol–water partition coefficient (Wildman–Crippen LogP) is 4.29. The normalized spacial score (nSPS) is 15.5. The Balaban J connectivity index is 2.09. The van der Waals surface area contributed by atoms with Crippen molar-refractivity contribution in [1.82, 2.24) is 0 Å². The number of ketones is 2. The second-order valence-electron chi connectivity index (χ2n) is 6.40. The van der Waals surface area contributed by atoms with Gasteiger partial charge in [-0.15, -0.1) is 0 Å². The van der Waals surface area contributed by atoms with Gasteiger partial charge in [-0.25, -0.2) is 0 Å². The summed E-state index contributed by atoms with van der Waals surface area (Å²) in [4.78, 5) is 38.8. The van der Waals surface area contributed by atoms with Crippen LogP contribution in [0, 0.1) is 0 Å². The molecule has 0 aliphatic heterocycles. The fourth-order valence-electron chi connectivity index (χ4n) is 3.86. The molecule has 0 atom stereocenters. The number of allylic oxidation sites excluding steroid dienone is 2. The maximum Gasteiger partial charge on any atom is 0.186 e. The van der Waals surface area contributed by atoms with E-state index in [-0.39, 0.29) is 11.6 Å². The van der Waals surface area contributed by atoms with E-state index in [0.717, 1.165) is 0 Å². The number of hydrogen-bond acceptors (Lipinski definition) is 3. The van der Waals surface area contributed by atoms with E-state index in [2.05, 4.69) is 0 Å². The van der Waals surface area contributed by atoms with Gasteiger partial charge >= 0.3 is 0 Å². The van der Waals surface area contributed by atoms with Crippen molar-refractivity contribution in [2.24, 2.45) is 0 Å². The molecule has 0 radical (unpaired) electrons. The quantitative estimate of drug-likeness (QED) is 0.400. The van der Waals surface area contributed by atoms with Crippen molar-refractivity contribution in [3.63, 3.8) is 0 Å². The summed E-state index contributed by atoms with van der Waals surface area (Å²) in [6, 6.07) is 24.9. The lowest BCUT2D eigenvalue weighted by molar-refractivity contribution is -0.104. The second kappa shape index (κ2) is 6.61. The Hall–Kier alpha value is -3.59. The molecule has 0 aromatic heterocycles. The molecule has 4 rings (SSSR count). The summed E-state index contributed by atoms with van der Waals surface area (Å²) >= 11 is 0. The van der Waals surface area contributed by atoms with Crippen LogP contribution in [-0.4, -0.2) is 17.9 Å². The van der Waals surface area contributed by atoms with Crippen LogP contribution in [0.5, 0.6) is 0 Å². The number of Topliss-reactive ketones (excluding diaryl/α,β-unsaturated/α-hetero) is 2. The molecule has 0 saturated heterocycles. The molecule has 27 heavy (non-hydrogen) atoms. The van der Waals surface area contributed by atoms with Crippen molar-refractivity contribution in [1.29, 1.82) is 0 Å². The van der Waals surface area contributed by atoms with Crippen molar-refractivity contribution in [2.75, 3.05) is 0 Å². The SMILES string of the molecule is O=C/C=C(/c1ccccc1)C1(c2ccccc2)C(=O)c2ccccc2C1=O. The van der Waals surface area contributed by atoms with Gasteiger partial charge in [0.15, 0.2) is 11.6 Å². The van der Waals surface area contributed by atoms with Crippen molar-refractivity contribution in [2.45, 2.75) is 5.41 Å². The largest absolute Gasteiger partial charge is 0.299 e. The summed E-state index contributed by atoms with van der Waals surface area (Å²) in [5, 5.41) is 0. The molecule has 0 fully saturated rings. The first-order chi connectivity index (χ1) is 13.2. The zero-order valence-electron chi connectivity index (χ0n) is 14.5. The van der Waals surface area contributed by atoms with E-state index in [1.165, 1.54) is 6.08 Å². The van der Waals surface area contributed by atoms with Crippen LogP contribution >= 0.6 is 0 Å². The molecule has 3 aromatic carbocycles. The summed E-state index contributed by atoms with van der Waals surface area (Å²) in [5.41, 5.74) is 0.845. The van der Waals surface area contributed by atoms with Gasteiger partial charge in [0, 0.05) is 11.1 Å². The van der Waals surface area contributed by atoms with E-state index < -0.39 is 5.41 Å². The Morgan fingerprint density at radius 3 is 1.67 bits per heavy atom. The number of fused-ring (bicyclic) bond motifs is 1. The lowest BCUT2D eigenvalue weighted by Crippen LogP contribution is -2.40. The Bertz CT molecular complexity index is 1030. The molecule has 0 saturated carbocycles. The number of hydrogen-bond donors (Lipinski definition) is 0. The van der Waals surface area contributed by atoms with Crippen LogP contribution in [0.3, 0.4) is 0 Å². The first kappa shape index (κ1) is 16.9. The molecular weight excluding hydrogens is 336 g/mol. The lowest BCUT2D eigenvalue weighted by Gasteiger charge is -2.30. The van der Waals surface area contributed by atoms with E-state index in [9.17, 15) is 14.4 Å². The molecular formula is C24H16O3. The summed E-state index contributed by atoms with van der Waals surface area (Å²) in [7, 11) is 0. The van der Waals surface area contributed by atoms with Gasteiger partial charge in [0.1, 0.15) is 11.7 Å². The van der Waals surface area contributed by atoms with Crippen molar-refractivity contribution >= 4 is 23.4 Å². The monoisotopic (exact) mass is 352 g/mol. The smallest absolute Gasteiger partial charge is 0.186 e. The van der Waals surface area contributed by atoms with Crippen molar-refractivity contribution < 1.29 is 14.4 Å². The van der Waals surface area contributed by atoms with Crippen LogP contribution in [-0.2, 0) is 10.2 Å². The zero-order chi connectivity index (χ0) is 18.9. The number of aldehydes is 1. The zero-order valence-corrected chi connectivity index (χ0v) is 14.5. The molecule has 0 amide bonds. The fraction of sp³-hybridized carbons (Fsp3) is 0.0417. The van der Waals surface area contributed by atoms with Gasteiger partial charge in [-0.1, -0.05) is 84.9 Å². The molecule has 0 N–H and O–H groups in total. The number of rotatable bonds is 4. The first-order valence-electron chi connectivity index (χ1n) is 8.66. The summed E-state index contributed by atoms with van der Waals surface area (Å²) in [6.07, 6.45) is 1.97. The third-order valence-corrected chi connectivity index (χ3v) is 5.03. The van der Waals surface area contributed by atoms with Crippen molar-refractivity contribution in [3.8, 4) is 0 Å². The van der Waals surface area contributed by atoms with Crippen LogP contribution in [0.1, 0.15) is 31.8 Å². The van der Waals surface area contributed by atoms with Gasteiger partial charge in [0.2, 0.25) is 0 Å². The molecule has 3 nitrogen and oxygen atoms in total. The van der Waals surface area contributed by atoms with Crippen LogP contribution in [0.4, 0.5) is 0 Å². The van der Waals surface area contributed by atoms with E-state index >= 15 is 0 Å². The van der Waals surface area contributed by atoms with Crippen LogP contribution in [0.15, 0.2) is 91.0 Å². The molecule has 0 heterocycles. The Morgan fingerprint density at radius 1 is 0.667 bits per heavy atom. The highest BCUT2D eigenvalue weighted by molar-refractivity contribution is 6.39. The summed E-state index contributed by atoms with van der Waals surface area (Å²) < 4.78 is 0. The standard InChI is InChI=1S/C24H16O3/c25-16-15-21(17-9-3-1-4-10-17)24(18-11-5-2-6-12-18)22(26)19-13-7-8-14-20(19)23(24)27/h1-16H/b21-15-. The maximum absolute atomic E-state index is 13.6. The van der Waals surface area contributed by atoms with E-state index in [4.69, 9.17) is 0 Å². The third kappa shape index (κ3) is 2.40. The topological polar surface area (TPSA) is 51.2 Å². The lowest BCUT2D eigenvalue weighted by atomic mass is 9.68. The first-order valence-corrected chi connectivity index (χ1v) is 8.66. The Labute approximate surface area is 157 Å². The molecule has 0 bridgehead atoms. The van der Waals surface area contributed by atoms with Gasteiger partial charge < -0.3 is 0 Å². The van der Waals surface area contributed by atoms with Crippen LogP contribution in [0.25, 0.3) is 5.57 Å². The highest BCUT2D eigenvalue weighted by Crippen LogP contribution is 2.48. The average molecular weight is 352 g/mol. The van der Waals surface area contributed by atoms with Gasteiger partial charge in [-0.2, -0.15) is 0 Å². The van der Waals surface area contributed by atoms with Gasteiger partial charge in [0.25, 0.3) is 0 Å². The van der Waals surface area contributed by atoms with E-state index in [0.29, 0.717) is 34.1 Å². The summed E-state index contributed by atoms with van der Waals surface area (Å²) in [6.45, 7) is 0. The molecule has 130 valence electrons. The van der Waals surface area contributed by atoms with E-state index in [1.54, 1.807) is 48.5 Å². The second-order valence-corrected chi connectivity index (χ2v) is 6.40. The molecule has 3 heteroatoms. The maximum atomic E-state index is 13.6. The molecule has 3 aromatic rings. The van der Waals surface area contributed by atoms with Crippen LogP contribution < -0.4 is 0 Å². The minimum Gasteiger partial charge on any atom is -0.299 e. The van der Waals surface area contributed by atoms with Gasteiger partial charge in [-0.3, -0.25) is 14.4 Å². The van der Waals surface area contributed by atoms with E-state index in [1.807, 2.05) is 36.4 Å². The van der Waals surface area contributed by atoms with Crippen molar-refractivity contribution in [3.05, 3.63) is 113 Å². The molecule has 1 aliphatic rings. The average Bonchev–Trinajstić information content (AvgIpc) is 2.96. The minimum absolute atomic E-state index is 0.300. The minimum atomic E-state index is -1.56. The molecule has 0 unspecified atom stereocenters. The Morgan fingerprint density at radius 2 is 1.15 bits per heavy atom. The highest BCUT2D eigenvalue weighted by Gasteiger charge is 2.56. The Kier molecular flexibility index (Phi) is 4.13. The number of carbonyl (C=O) groups excluding carboxylic acids is 3. The molecule has 0 spiro atoms. The van der Waals surface area contributed by atoms with Crippen LogP contribution in [0.2, 0.25) is 0 Å². The molecule has 1 aliphatic carbocycles.